The van der Waals surface area contributed by atoms with Crippen LogP contribution in [-0.2, 0) is 16.0 Å². The lowest BCUT2D eigenvalue weighted by molar-refractivity contribution is -0.135. The molecule has 0 aromatic heterocycles. The topological polar surface area (TPSA) is 49.4 Å². The van der Waals surface area contributed by atoms with Gasteiger partial charge in [0.2, 0.25) is 11.8 Å². The van der Waals surface area contributed by atoms with E-state index in [0.29, 0.717) is 25.6 Å². The van der Waals surface area contributed by atoms with Gasteiger partial charge in [0, 0.05) is 29.5 Å². The Morgan fingerprint density at radius 2 is 1.67 bits per heavy atom. The van der Waals surface area contributed by atoms with Gasteiger partial charge in [0.05, 0.1) is 6.42 Å². The van der Waals surface area contributed by atoms with Gasteiger partial charge in [0.25, 0.3) is 0 Å². The Morgan fingerprint density at radius 1 is 1.04 bits per heavy atom. The zero-order valence-corrected chi connectivity index (χ0v) is 15.6. The number of benzene rings is 1. The van der Waals surface area contributed by atoms with Crippen molar-refractivity contribution in [1.29, 1.82) is 0 Å². The molecule has 2 fully saturated rings. The van der Waals surface area contributed by atoms with Gasteiger partial charge < -0.3 is 10.2 Å². The minimum Gasteiger partial charge on any atom is -0.353 e. The second kappa shape index (κ2) is 8.15. The molecule has 0 radical (unpaired) electrons. The van der Waals surface area contributed by atoms with Crippen molar-refractivity contribution in [3.05, 3.63) is 34.3 Å². The van der Waals surface area contributed by atoms with E-state index in [1.807, 2.05) is 29.2 Å². The van der Waals surface area contributed by atoms with E-state index in [2.05, 4.69) is 21.2 Å². The van der Waals surface area contributed by atoms with E-state index < -0.39 is 0 Å². The van der Waals surface area contributed by atoms with Crippen LogP contribution >= 0.6 is 15.9 Å². The Hall–Kier alpha value is -1.36. The number of nitrogens with one attached hydrogen (secondary N) is 1. The highest BCUT2D eigenvalue weighted by atomic mass is 79.9. The molecule has 0 atom stereocenters. The number of likely N-dealkylation sites (tertiary alicyclic amines) is 1. The number of hydrogen-bond donors (Lipinski definition) is 1. The maximum Gasteiger partial charge on any atom is 0.226 e. The van der Waals surface area contributed by atoms with Crippen molar-refractivity contribution >= 4 is 27.7 Å². The molecule has 1 saturated carbocycles. The standard InChI is InChI=1S/C19H25BrN2O2/c20-16-7-5-14(6-8-16)13-18(23)22-11-9-15(10-12-22)19(24)21-17-3-1-2-4-17/h5-8,15,17H,1-4,9-13H2,(H,21,24). The summed E-state index contributed by atoms with van der Waals surface area (Å²) in [5.41, 5.74) is 1.03. The maximum absolute atomic E-state index is 12.4. The average Bonchev–Trinajstić information content (AvgIpc) is 3.10. The molecular weight excluding hydrogens is 368 g/mol. The number of halogens is 1. The summed E-state index contributed by atoms with van der Waals surface area (Å²) in [6, 6.07) is 8.26. The number of carbonyl (C=O) groups is 2. The summed E-state index contributed by atoms with van der Waals surface area (Å²) < 4.78 is 1.02. The predicted octanol–water partition coefficient (Wildman–Crippen LogP) is 3.29. The fourth-order valence-corrected chi connectivity index (χ4v) is 3.93. The molecular formula is C19H25BrN2O2. The lowest BCUT2D eigenvalue weighted by Crippen LogP contribution is -2.45. The minimum atomic E-state index is 0.0716. The Kier molecular flexibility index (Phi) is 5.93. The number of rotatable bonds is 4. The van der Waals surface area contributed by atoms with E-state index in [4.69, 9.17) is 0 Å². The summed E-state index contributed by atoms with van der Waals surface area (Å²) in [4.78, 5) is 26.7. The van der Waals surface area contributed by atoms with Gasteiger partial charge in [-0.05, 0) is 43.4 Å². The van der Waals surface area contributed by atoms with Gasteiger partial charge in [0.15, 0.2) is 0 Å². The molecule has 5 heteroatoms. The van der Waals surface area contributed by atoms with Crippen molar-refractivity contribution in [2.75, 3.05) is 13.1 Å². The number of piperidine rings is 1. The van der Waals surface area contributed by atoms with E-state index in [-0.39, 0.29) is 17.7 Å². The molecule has 1 aliphatic carbocycles. The van der Waals surface area contributed by atoms with Gasteiger partial charge in [-0.3, -0.25) is 9.59 Å². The van der Waals surface area contributed by atoms with E-state index in [9.17, 15) is 9.59 Å². The van der Waals surface area contributed by atoms with Gasteiger partial charge in [0.1, 0.15) is 0 Å². The summed E-state index contributed by atoms with van der Waals surface area (Å²) in [6.45, 7) is 1.39. The molecule has 4 nitrogen and oxygen atoms in total. The highest BCUT2D eigenvalue weighted by Gasteiger charge is 2.29. The number of nitrogens with zero attached hydrogens (tertiary/aromatic N) is 1. The lowest BCUT2D eigenvalue weighted by Gasteiger charge is -2.32. The zero-order chi connectivity index (χ0) is 16.9. The van der Waals surface area contributed by atoms with Gasteiger partial charge >= 0.3 is 0 Å². The first-order chi connectivity index (χ1) is 11.6. The Bertz CT molecular complexity index is 574. The van der Waals surface area contributed by atoms with Crippen LogP contribution in [0.4, 0.5) is 0 Å². The Labute approximate surface area is 152 Å². The monoisotopic (exact) mass is 392 g/mol. The smallest absolute Gasteiger partial charge is 0.226 e. The van der Waals surface area contributed by atoms with Crippen molar-refractivity contribution < 1.29 is 9.59 Å². The predicted molar refractivity (Wildman–Crippen MR) is 97.5 cm³/mol. The number of amides is 2. The minimum absolute atomic E-state index is 0.0716. The molecule has 0 bridgehead atoms. The van der Waals surface area contributed by atoms with Gasteiger partial charge in [-0.25, -0.2) is 0 Å². The molecule has 2 aliphatic rings. The molecule has 130 valence electrons. The van der Waals surface area contributed by atoms with Gasteiger partial charge in [-0.1, -0.05) is 40.9 Å². The van der Waals surface area contributed by atoms with Crippen molar-refractivity contribution in [2.24, 2.45) is 5.92 Å². The zero-order valence-electron chi connectivity index (χ0n) is 14.0. The Morgan fingerprint density at radius 3 is 2.29 bits per heavy atom. The van der Waals surface area contributed by atoms with E-state index in [1.54, 1.807) is 0 Å². The molecule has 1 saturated heterocycles. The van der Waals surface area contributed by atoms with E-state index in [0.717, 1.165) is 35.7 Å². The van der Waals surface area contributed by atoms with Crippen LogP contribution in [0.5, 0.6) is 0 Å². The fourth-order valence-electron chi connectivity index (χ4n) is 3.67. The molecule has 0 spiro atoms. The lowest BCUT2D eigenvalue weighted by atomic mass is 9.95. The summed E-state index contributed by atoms with van der Waals surface area (Å²) in [5.74, 6) is 0.427. The van der Waals surface area contributed by atoms with Crippen LogP contribution < -0.4 is 5.32 Å². The first-order valence-corrected chi connectivity index (χ1v) is 9.74. The van der Waals surface area contributed by atoms with Crippen LogP contribution in [0.1, 0.15) is 44.1 Å². The third-order valence-corrected chi connectivity index (χ3v) is 5.72. The molecule has 0 unspecified atom stereocenters. The molecule has 1 aliphatic heterocycles. The quantitative estimate of drug-likeness (QED) is 0.854. The summed E-state index contributed by atoms with van der Waals surface area (Å²) in [5, 5.41) is 3.19. The molecule has 1 N–H and O–H groups in total. The first kappa shape index (κ1) is 17.5. The third kappa shape index (κ3) is 4.59. The second-order valence-corrected chi connectivity index (χ2v) is 7.86. The average molecular weight is 393 g/mol. The van der Waals surface area contributed by atoms with Crippen molar-refractivity contribution in [3.8, 4) is 0 Å². The molecule has 2 amide bonds. The van der Waals surface area contributed by atoms with Crippen LogP contribution in [0, 0.1) is 5.92 Å². The third-order valence-electron chi connectivity index (χ3n) is 5.19. The normalized spacial score (nSPS) is 19.5. The molecule has 1 aromatic carbocycles. The molecule has 3 rings (SSSR count). The molecule has 1 heterocycles. The van der Waals surface area contributed by atoms with Crippen molar-refractivity contribution in [3.63, 3.8) is 0 Å². The second-order valence-electron chi connectivity index (χ2n) is 6.95. The Balaban J connectivity index is 1.44. The molecule has 24 heavy (non-hydrogen) atoms. The van der Waals surface area contributed by atoms with Crippen LogP contribution in [0.2, 0.25) is 0 Å². The summed E-state index contributed by atoms with van der Waals surface area (Å²) >= 11 is 3.41. The van der Waals surface area contributed by atoms with Crippen molar-refractivity contribution in [2.45, 2.75) is 51.0 Å². The summed E-state index contributed by atoms with van der Waals surface area (Å²) in [6.07, 6.45) is 6.70. The maximum atomic E-state index is 12.4. The van der Waals surface area contributed by atoms with Crippen LogP contribution in [-0.4, -0.2) is 35.8 Å². The highest BCUT2D eigenvalue weighted by Crippen LogP contribution is 2.22. The van der Waals surface area contributed by atoms with E-state index >= 15 is 0 Å². The highest BCUT2D eigenvalue weighted by molar-refractivity contribution is 9.10. The fraction of sp³-hybridized carbons (Fsp3) is 0.579. The number of hydrogen-bond acceptors (Lipinski definition) is 2. The SMILES string of the molecule is O=C(NC1CCCC1)C1CCN(C(=O)Cc2ccc(Br)cc2)CC1. The van der Waals surface area contributed by atoms with Crippen LogP contribution in [0.25, 0.3) is 0 Å². The molecule has 1 aromatic rings. The van der Waals surface area contributed by atoms with Gasteiger partial charge in [-0.2, -0.15) is 0 Å². The summed E-state index contributed by atoms with van der Waals surface area (Å²) in [7, 11) is 0. The number of carbonyl (C=O) groups excluding carboxylic acids is 2. The van der Waals surface area contributed by atoms with E-state index in [1.165, 1.54) is 12.8 Å². The van der Waals surface area contributed by atoms with Crippen LogP contribution in [0.3, 0.4) is 0 Å². The first-order valence-electron chi connectivity index (χ1n) is 8.94. The van der Waals surface area contributed by atoms with Gasteiger partial charge in [-0.15, -0.1) is 0 Å². The van der Waals surface area contributed by atoms with Crippen LogP contribution in [0.15, 0.2) is 28.7 Å². The van der Waals surface area contributed by atoms with Crippen molar-refractivity contribution in [1.82, 2.24) is 10.2 Å². The largest absolute Gasteiger partial charge is 0.353 e.